The van der Waals surface area contributed by atoms with Gasteiger partial charge < -0.3 is 15.0 Å². The highest BCUT2D eigenvalue weighted by atomic mass is 16.5. The van der Waals surface area contributed by atoms with Crippen molar-refractivity contribution in [1.29, 1.82) is 0 Å². The summed E-state index contributed by atoms with van der Waals surface area (Å²) in [4.78, 5) is 31.7. The average molecular weight is 306 g/mol. The highest BCUT2D eigenvalue weighted by molar-refractivity contribution is 5.91. The molecule has 1 aromatic heterocycles. The van der Waals surface area contributed by atoms with Crippen molar-refractivity contribution in [3.8, 4) is 0 Å². The van der Waals surface area contributed by atoms with Crippen molar-refractivity contribution >= 4 is 17.6 Å². The molecule has 0 unspecified atom stereocenters. The summed E-state index contributed by atoms with van der Waals surface area (Å²) in [5.74, 6) is 0.362. The van der Waals surface area contributed by atoms with Crippen LogP contribution < -0.4 is 5.32 Å². The number of aromatic nitrogens is 1. The number of likely N-dealkylation sites (N-methyl/N-ethyl adjacent to an activating group) is 1. The lowest BCUT2D eigenvalue weighted by Crippen LogP contribution is -2.46. The first-order valence-corrected chi connectivity index (χ1v) is 7.32. The molecule has 1 fully saturated rings. The van der Waals surface area contributed by atoms with E-state index in [9.17, 15) is 9.59 Å². The number of aryl methyl sites for hydroxylation is 1. The molecule has 1 aromatic rings. The molecule has 0 radical (unpaired) electrons. The van der Waals surface area contributed by atoms with Crippen LogP contribution in [-0.4, -0.2) is 73.0 Å². The number of morpholine rings is 1. The summed E-state index contributed by atoms with van der Waals surface area (Å²) >= 11 is 0. The molecule has 22 heavy (non-hydrogen) atoms. The molecule has 0 atom stereocenters. The minimum atomic E-state index is -0.185. The van der Waals surface area contributed by atoms with Crippen LogP contribution >= 0.6 is 0 Å². The molecule has 120 valence electrons. The summed E-state index contributed by atoms with van der Waals surface area (Å²) in [6, 6.07) is 5.44. The van der Waals surface area contributed by atoms with Gasteiger partial charge in [-0.2, -0.15) is 0 Å². The molecule has 1 N–H and O–H groups in total. The number of nitrogens with zero attached hydrogens (tertiary/aromatic N) is 3. The first-order chi connectivity index (χ1) is 10.5. The number of amides is 2. The summed E-state index contributed by atoms with van der Waals surface area (Å²) < 4.78 is 5.22. The molecule has 0 spiro atoms. The third-order valence-electron chi connectivity index (χ3n) is 3.34. The number of carbonyl (C=O) groups excluding carboxylic acids is 2. The number of rotatable bonds is 5. The van der Waals surface area contributed by atoms with E-state index in [0.29, 0.717) is 32.1 Å². The van der Waals surface area contributed by atoms with Crippen molar-refractivity contribution in [2.24, 2.45) is 0 Å². The molecule has 0 aliphatic carbocycles. The Morgan fingerprint density at radius 3 is 2.73 bits per heavy atom. The molecule has 1 aliphatic rings. The number of carbonyl (C=O) groups is 2. The van der Waals surface area contributed by atoms with Gasteiger partial charge in [0.2, 0.25) is 11.8 Å². The number of hydrogen-bond donors (Lipinski definition) is 1. The number of anilines is 1. The van der Waals surface area contributed by atoms with Crippen molar-refractivity contribution in [2.45, 2.75) is 6.92 Å². The van der Waals surface area contributed by atoms with E-state index in [4.69, 9.17) is 4.74 Å². The highest BCUT2D eigenvalue weighted by Crippen LogP contribution is 2.04. The van der Waals surface area contributed by atoms with Crippen LogP contribution in [0.2, 0.25) is 0 Å². The summed E-state index contributed by atoms with van der Waals surface area (Å²) in [5.41, 5.74) is 0.841. The Morgan fingerprint density at radius 2 is 2.05 bits per heavy atom. The second-order valence-electron chi connectivity index (χ2n) is 5.38. The number of pyridine rings is 1. The normalized spacial score (nSPS) is 15.0. The van der Waals surface area contributed by atoms with Crippen LogP contribution in [-0.2, 0) is 14.3 Å². The predicted octanol–water partition coefficient (Wildman–Crippen LogP) is 0.119. The first kappa shape index (κ1) is 16.4. The largest absolute Gasteiger partial charge is 0.378 e. The van der Waals surface area contributed by atoms with Gasteiger partial charge in [0.25, 0.3) is 0 Å². The minimum absolute atomic E-state index is 0.0206. The predicted molar refractivity (Wildman–Crippen MR) is 82.5 cm³/mol. The lowest BCUT2D eigenvalue weighted by Gasteiger charge is -2.28. The van der Waals surface area contributed by atoms with Gasteiger partial charge in [-0.15, -0.1) is 0 Å². The van der Waals surface area contributed by atoms with Crippen molar-refractivity contribution in [3.63, 3.8) is 0 Å². The zero-order valence-electron chi connectivity index (χ0n) is 13.0. The number of nitrogens with one attached hydrogen (secondary N) is 1. The number of ether oxygens (including phenoxy) is 1. The van der Waals surface area contributed by atoms with Gasteiger partial charge in [0.15, 0.2) is 0 Å². The first-order valence-electron chi connectivity index (χ1n) is 7.32. The molecule has 2 rings (SSSR count). The van der Waals surface area contributed by atoms with Crippen molar-refractivity contribution < 1.29 is 14.3 Å². The topological polar surface area (TPSA) is 74.8 Å². The lowest BCUT2D eigenvalue weighted by molar-refractivity contribution is -0.136. The molecule has 2 amide bonds. The summed E-state index contributed by atoms with van der Waals surface area (Å²) in [6.45, 7) is 4.62. The van der Waals surface area contributed by atoms with E-state index in [0.717, 1.165) is 5.69 Å². The fourth-order valence-corrected chi connectivity index (χ4v) is 2.24. The van der Waals surface area contributed by atoms with Crippen LogP contribution in [0.4, 0.5) is 5.82 Å². The Morgan fingerprint density at radius 1 is 1.32 bits per heavy atom. The molecule has 7 nitrogen and oxygen atoms in total. The monoisotopic (exact) mass is 306 g/mol. The van der Waals surface area contributed by atoms with E-state index in [1.165, 1.54) is 0 Å². The average Bonchev–Trinajstić information content (AvgIpc) is 2.47. The van der Waals surface area contributed by atoms with E-state index in [1.54, 1.807) is 22.9 Å². The standard InChI is InChI=1S/C15H22N4O3/c1-12-4-3-5-13(16-12)17-14(20)10-18(2)11-15(21)19-6-8-22-9-7-19/h3-5H,6-11H2,1-2H3,(H,16,17,20). The SMILES string of the molecule is Cc1cccc(NC(=O)CN(C)CC(=O)N2CCOCC2)n1. The Bertz CT molecular complexity index is 529. The van der Waals surface area contributed by atoms with Gasteiger partial charge in [-0.3, -0.25) is 14.5 Å². The molecule has 7 heteroatoms. The zero-order chi connectivity index (χ0) is 15.9. The zero-order valence-corrected chi connectivity index (χ0v) is 13.0. The van der Waals surface area contributed by atoms with Gasteiger partial charge in [-0.05, 0) is 26.1 Å². The quantitative estimate of drug-likeness (QED) is 0.836. The Labute approximate surface area is 130 Å². The Hall–Kier alpha value is -1.99. The van der Waals surface area contributed by atoms with Crippen molar-refractivity contribution in [1.82, 2.24) is 14.8 Å². The summed E-state index contributed by atoms with van der Waals surface area (Å²) in [7, 11) is 1.75. The maximum atomic E-state index is 12.1. The maximum Gasteiger partial charge on any atom is 0.239 e. The fourth-order valence-electron chi connectivity index (χ4n) is 2.24. The van der Waals surface area contributed by atoms with Crippen LogP contribution in [0.15, 0.2) is 18.2 Å². The van der Waals surface area contributed by atoms with E-state index in [1.807, 2.05) is 19.1 Å². The van der Waals surface area contributed by atoms with Gasteiger partial charge in [-0.1, -0.05) is 6.07 Å². The number of hydrogen-bond acceptors (Lipinski definition) is 5. The third kappa shape index (κ3) is 5.09. The molecule has 0 bridgehead atoms. The van der Waals surface area contributed by atoms with Gasteiger partial charge in [0.05, 0.1) is 26.3 Å². The molecule has 0 aromatic carbocycles. The second kappa shape index (κ2) is 7.86. The minimum Gasteiger partial charge on any atom is -0.378 e. The molecule has 0 saturated carbocycles. The third-order valence-corrected chi connectivity index (χ3v) is 3.34. The molecular weight excluding hydrogens is 284 g/mol. The van der Waals surface area contributed by atoms with Crippen LogP contribution in [0.25, 0.3) is 0 Å². The van der Waals surface area contributed by atoms with E-state index in [-0.39, 0.29) is 24.9 Å². The van der Waals surface area contributed by atoms with Crippen molar-refractivity contribution in [3.05, 3.63) is 23.9 Å². The van der Waals surface area contributed by atoms with Crippen LogP contribution in [0.1, 0.15) is 5.69 Å². The van der Waals surface area contributed by atoms with E-state index < -0.39 is 0 Å². The molecule has 1 aliphatic heterocycles. The molecule has 1 saturated heterocycles. The maximum absolute atomic E-state index is 12.1. The van der Waals surface area contributed by atoms with Crippen LogP contribution in [0.3, 0.4) is 0 Å². The fraction of sp³-hybridized carbons (Fsp3) is 0.533. The van der Waals surface area contributed by atoms with Crippen LogP contribution in [0.5, 0.6) is 0 Å². The van der Waals surface area contributed by atoms with Gasteiger partial charge in [-0.25, -0.2) is 4.98 Å². The van der Waals surface area contributed by atoms with Gasteiger partial charge in [0, 0.05) is 18.8 Å². The van der Waals surface area contributed by atoms with Gasteiger partial charge in [0.1, 0.15) is 5.82 Å². The molecule has 2 heterocycles. The van der Waals surface area contributed by atoms with Gasteiger partial charge >= 0.3 is 0 Å². The van der Waals surface area contributed by atoms with Crippen LogP contribution in [0, 0.1) is 6.92 Å². The van der Waals surface area contributed by atoms with E-state index >= 15 is 0 Å². The highest BCUT2D eigenvalue weighted by Gasteiger charge is 2.19. The van der Waals surface area contributed by atoms with Crippen molar-refractivity contribution in [2.75, 3.05) is 51.8 Å². The Balaban J connectivity index is 1.77. The second-order valence-corrected chi connectivity index (χ2v) is 5.38. The Kier molecular flexibility index (Phi) is 5.85. The smallest absolute Gasteiger partial charge is 0.239 e. The lowest BCUT2D eigenvalue weighted by atomic mass is 10.3. The summed E-state index contributed by atoms with van der Waals surface area (Å²) in [5, 5.41) is 2.73. The van der Waals surface area contributed by atoms with E-state index in [2.05, 4.69) is 10.3 Å². The summed E-state index contributed by atoms with van der Waals surface area (Å²) in [6.07, 6.45) is 0. The molecular formula is C15H22N4O3.